The van der Waals surface area contributed by atoms with Crippen LogP contribution in [0.2, 0.25) is 0 Å². The molecule has 3 atom stereocenters. The van der Waals surface area contributed by atoms with Crippen LogP contribution >= 0.6 is 0 Å². The zero-order valence-corrected chi connectivity index (χ0v) is 15.4. The zero-order chi connectivity index (χ0) is 17.9. The SMILES string of the molecule is CC[C@@H]1C[C@H](NS(=O)(=O)C2CC2)C[C@@H]1n1nnc2cnc3[nH]ccc3c21. The first-order valence-corrected chi connectivity index (χ1v) is 10.8. The van der Waals surface area contributed by atoms with E-state index in [9.17, 15) is 8.42 Å². The van der Waals surface area contributed by atoms with Crippen molar-refractivity contribution in [3.8, 4) is 0 Å². The molecule has 0 saturated heterocycles. The predicted molar refractivity (Wildman–Crippen MR) is 98.1 cm³/mol. The van der Waals surface area contributed by atoms with Gasteiger partial charge in [0.15, 0.2) is 0 Å². The molecule has 0 aromatic carbocycles. The van der Waals surface area contributed by atoms with Crippen LogP contribution in [0.3, 0.4) is 0 Å². The molecule has 5 rings (SSSR count). The van der Waals surface area contributed by atoms with Gasteiger partial charge in [-0.2, -0.15) is 0 Å². The van der Waals surface area contributed by atoms with Gasteiger partial charge in [0.1, 0.15) is 16.7 Å². The number of rotatable bonds is 5. The number of nitrogens with zero attached hydrogens (tertiary/aromatic N) is 4. The first kappa shape index (κ1) is 16.2. The molecule has 0 unspecified atom stereocenters. The van der Waals surface area contributed by atoms with Crippen LogP contribution in [-0.4, -0.2) is 44.7 Å². The van der Waals surface area contributed by atoms with Gasteiger partial charge in [-0.1, -0.05) is 18.6 Å². The lowest BCUT2D eigenvalue weighted by molar-refractivity contribution is 0.346. The Labute approximate surface area is 151 Å². The highest BCUT2D eigenvalue weighted by molar-refractivity contribution is 7.90. The number of aromatic amines is 1. The first-order chi connectivity index (χ1) is 12.6. The maximum Gasteiger partial charge on any atom is 0.214 e. The van der Waals surface area contributed by atoms with Gasteiger partial charge in [0.25, 0.3) is 0 Å². The highest BCUT2D eigenvalue weighted by atomic mass is 32.2. The van der Waals surface area contributed by atoms with Gasteiger partial charge >= 0.3 is 0 Å². The molecule has 0 amide bonds. The van der Waals surface area contributed by atoms with Crippen LogP contribution in [0.1, 0.15) is 45.1 Å². The number of hydrogen-bond donors (Lipinski definition) is 2. The van der Waals surface area contributed by atoms with Crippen LogP contribution in [-0.2, 0) is 10.0 Å². The fourth-order valence-electron chi connectivity index (χ4n) is 4.31. The van der Waals surface area contributed by atoms with E-state index >= 15 is 0 Å². The Kier molecular flexibility index (Phi) is 3.58. The molecule has 9 heteroatoms. The van der Waals surface area contributed by atoms with Crippen molar-refractivity contribution in [3.05, 3.63) is 18.5 Å². The maximum absolute atomic E-state index is 12.3. The van der Waals surface area contributed by atoms with Gasteiger partial charge in [-0.05, 0) is 37.7 Å². The molecule has 0 bridgehead atoms. The molecule has 2 aliphatic carbocycles. The van der Waals surface area contributed by atoms with E-state index < -0.39 is 10.0 Å². The standard InChI is InChI=1S/C17H22N6O2S/c1-2-10-7-11(21-26(24,25)12-3-4-12)8-15(10)23-16-13-5-6-18-17(13)19-9-14(16)20-22-23/h5-6,9-12,15,21H,2-4,7-8H2,1H3,(H,18,19)/t10-,11+,15+/m1/s1. The van der Waals surface area contributed by atoms with Crippen LogP contribution in [0.5, 0.6) is 0 Å². The van der Waals surface area contributed by atoms with E-state index in [-0.39, 0.29) is 17.3 Å². The summed E-state index contributed by atoms with van der Waals surface area (Å²) in [7, 11) is -3.17. The highest BCUT2D eigenvalue weighted by Crippen LogP contribution is 2.40. The molecular weight excluding hydrogens is 352 g/mol. The number of pyridine rings is 1. The predicted octanol–water partition coefficient (Wildman–Crippen LogP) is 2.12. The van der Waals surface area contributed by atoms with Crippen molar-refractivity contribution in [2.24, 2.45) is 5.92 Å². The van der Waals surface area contributed by atoms with E-state index in [0.29, 0.717) is 5.92 Å². The van der Waals surface area contributed by atoms with E-state index in [0.717, 1.165) is 54.2 Å². The average Bonchev–Trinajstić information content (AvgIpc) is 3.06. The minimum atomic E-state index is -3.17. The Balaban J connectivity index is 1.50. The molecule has 0 radical (unpaired) electrons. The van der Waals surface area contributed by atoms with Crippen molar-refractivity contribution in [1.82, 2.24) is 29.7 Å². The summed E-state index contributed by atoms with van der Waals surface area (Å²) in [4.78, 5) is 7.51. The quantitative estimate of drug-likeness (QED) is 0.712. The Bertz CT molecular complexity index is 1070. The summed E-state index contributed by atoms with van der Waals surface area (Å²) in [6.45, 7) is 2.15. The minimum absolute atomic E-state index is 0.0293. The molecular formula is C17H22N6O2S. The minimum Gasteiger partial charge on any atom is -0.346 e. The van der Waals surface area contributed by atoms with E-state index in [4.69, 9.17) is 0 Å². The fraction of sp³-hybridized carbons (Fsp3) is 0.588. The lowest BCUT2D eigenvalue weighted by atomic mass is 10.0. The number of hydrogen-bond acceptors (Lipinski definition) is 5. The summed E-state index contributed by atoms with van der Waals surface area (Å²) in [5, 5.41) is 9.54. The molecule has 0 aliphatic heterocycles. The fourth-order valence-corrected chi connectivity index (χ4v) is 5.92. The highest BCUT2D eigenvalue weighted by Gasteiger charge is 2.42. The Hall–Kier alpha value is -2.00. The summed E-state index contributed by atoms with van der Waals surface area (Å²) in [5.74, 6) is 0.369. The topological polar surface area (TPSA) is 106 Å². The van der Waals surface area contributed by atoms with E-state index in [1.807, 2.05) is 16.9 Å². The molecule has 3 heterocycles. The van der Waals surface area contributed by atoms with Crippen molar-refractivity contribution in [1.29, 1.82) is 0 Å². The van der Waals surface area contributed by atoms with Crippen LogP contribution in [0.15, 0.2) is 18.5 Å². The third-order valence-corrected chi connectivity index (χ3v) is 7.82. The summed E-state index contributed by atoms with van der Waals surface area (Å²) >= 11 is 0. The summed E-state index contributed by atoms with van der Waals surface area (Å²) < 4.78 is 29.6. The number of aromatic nitrogens is 5. The van der Waals surface area contributed by atoms with Crippen molar-refractivity contribution >= 4 is 32.1 Å². The van der Waals surface area contributed by atoms with Crippen molar-refractivity contribution in [3.63, 3.8) is 0 Å². The van der Waals surface area contributed by atoms with Gasteiger partial charge in [-0.25, -0.2) is 22.8 Å². The molecule has 138 valence electrons. The van der Waals surface area contributed by atoms with Crippen molar-refractivity contribution < 1.29 is 8.42 Å². The molecule has 3 aromatic heterocycles. The molecule has 2 N–H and O–H groups in total. The monoisotopic (exact) mass is 374 g/mol. The van der Waals surface area contributed by atoms with Crippen LogP contribution < -0.4 is 4.72 Å². The van der Waals surface area contributed by atoms with Crippen molar-refractivity contribution in [2.75, 3.05) is 0 Å². The van der Waals surface area contributed by atoms with E-state index in [1.165, 1.54) is 0 Å². The smallest absolute Gasteiger partial charge is 0.214 e. The number of fused-ring (bicyclic) bond motifs is 3. The summed E-state index contributed by atoms with van der Waals surface area (Å²) in [6.07, 6.45) is 7.75. The summed E-state index contributed by atoms with van der Waals surface area (Å²) in [5.41, 5.74) is 2.57. The zero-order valence-electron chi connectivity index (χ0n) is 14.6. The van der Waals surface area contributed by atoms with Gasteiger partial charge in [-0.3, -0.25) is 0 Å². The third kappa shape index (κ3) is 2.52. The molecule has 2 fully saturated rings. The molecule has 0 spiro atoms. The second-order valence-corrected chi connectivity index (χ2v) is 9.52. The maximum atomic E-state index is 12.3. The normalized spacial score (nSPS) is 26.9. The number of nitrogens with one attached hydrogen (secondary N) is 2. The average molecular weight is 374 g/mol. The van der Waals surface area contributed by atoms with Gasteiger partial charge in [0.2, 0.25) is 10.0 Å². The largest absolute Gasteiger partial charge is 0.346 e. The van der Waals surface area contributed by atoms with Crippen molar-refractivity contribution in [2.45, 2.75) is 56.4 Å². The molecule has 26 heavy (non-hydrogen) atoms. The Morgan fingerprint density at radius 1 is 1.35 bits per heavy atom. The van der Waals surface area contributed by atoms with Gasteiger partial charge in [0, 0.05) is 17.6 Å². The number of sulfonamides is 1. The van der Waals surface area contributed by atoms with Crippen LogP contribution in [0, 0.1) is 5.92 Å². The summed E-state index contributed by atoms with van der Waals surface area (Å²) in [6, 6.07) is 2.10. The van der Waals surface area contributed by atoms with Gasteiger partial charge in [0.05, 0.1) is 17.5 Å². The molecule has 3 aromatic rings. The lowest BCUT2D eigenvalue weighted by Crippen LogP contribution is -2.35. The lowest BCUT2D eigenvalue weighted by Gasteiger charge is -2.18. The van der Waals surface area contributed by atoms with Crippen LogP contribution in [0.4, 0.5) is 0 Å². The Morgan fingerprint density at radius 3 is 2.96 bits per heavy atom. The number of H-pyrrole nitrogens is 1. The third-order valence-electron chi connectivity index (χ3n) is 5.81. The molecule has 2 saturated carbocycles. The first-order valence-electron chi connectivity index (χ1n) is 9.25. The van der Waals surface area contributed by atoms with Gasteiger partial charge in [-0.15, -0.1) is 5.10 Å². The van der Waals surface area contributed by atoms with Gasteiger partial charge < -0.3 is 4.98 Å². The second-order valence-electron chi connectivity index (χ2n) is 7.53. The Morgan fingerprint density at radius 2 is 2.19 bits per heavy atom. The van der Waals surface area contributed by atoms with Crippen LogP contribution in [0.25, 0.3) is 22.1 Å². The second kappa shape index (κ2) is 5.75. The molecule has 2 aliphatic rings. The van der Waals surface area contributed by atoms with E-state index in [1.54, 1.807) is 6.20 Å². The van der Waals surface area contributed by atoms with E-state index in [2.05, 4.69) is 31.9 Å². The molecule has 8 nitrogen and oxygen atoms in total.